The quantitative estimate of drug-likeness (QED) is 0.927. The second-order valence-corrected chi connectivity index (χ2v) is 6.91. The minimum atomic E-state index is -0.697. The first-order valence-corrected chi connectivity index (χ1v) is 7.84. The SMILES string of the molecule is Cc1noc(C(C)C)c1C(=O)N1CCC2(CC1)CC2C(=O)O. The molecule has 0 radical (unpaired) electrons. The zero-order valence-corrected chi connectivity index (χ0v) is 13.3. The summed E-state index contributed by atoms with van der Waals surface area (Å²) in [6.45, 7) is 6.97. The van der Waals surface area contributed by atoms with Crippen molar-refractivity contribution in [3.05, 3.63) is 17.0 Å². The summed E-state index contributed by atoms with van der Waals surface area (Å²) in [5.74, 6) is -0.205. The third kappa shape index (κ3) is 2.30. The van der Waals surface area contributed by atoms with Gasteiger partial charge in [-0.15, -0.1) is 0 Å². The van der Waals surface area contributed by atoms with Gasteiger partial charge in [0, 0.05) is 19.0 Å². The first kappa shape index (κ1) is 15.1. The van der Waals surface area contributed by atoms with Gasteiger partial charge in [-0.3, -0.25) is 9.59 Å². The third-order valence-corrected chi connectivity index (χ3v) is 5.16. The van der Waals surface area contributed by atoms with Crippen molar-refractivity contribution in [3.8, 4) is 0 Å². The summed E-state index contributed by atoms with van der Waals surface area (Å²) >= 11 is 0. The lowest BCUT2D eigenvalue weighted by Gasteiger charge is -2.32. The fraction of sp³-hybridized carbons (Fsp3) is 0.688. The van der Waals surface area contributed by atoms with E-state index in [0.29, 0.717) is 30.1 Å². The highest BCUT2D eigenvalue weighted by Gasteiger charge is 2.59. The summed E-state index contributed by atoms with van der Waals surface area (Å²) in [6, 6.07) is 0. The molecule has 6 nitrogen and oxygen atoms in total. The third-order valence-electron chi connectivity index (χ3n) is 5.16. The maximum atomic E-state index is 12.8. The number of carbonyl (C=O) groups is 2. The van der Waals surface area contributed by atoms with Crippen LogP contribution >= 0.6 is 0 Å². The molecule has 6 heteroatoms. The van der Waals surface area contributed by atoms with Crippen molar-refractivity contribution >= 4 is 11.9 Å². The molecule has 1 unspecified atom stereocenters. The number of nitrogens with zero attached hydrogens (tertiary/aromatic N) is 2. The van der Waals surface area contributed by atoms with Gasteiger partial charge in [-0.1, -0.05) is 19.0 Å². The summed E-state index contributed by atoms with van der Waals surface area (Å²) in [6.07, 6.45) is 2.31. The molecule has 1 amide bonds. The molecule has 22 heavy (non-hydrogen) atoms. The number of carbonyl (C=O) groups excluding carboxylic acids is 1. The fourth-order valence-electron chi connectivity index (χ4n) is 3.60. The van der Waals surface area contributed by atoms with Crippen molar-refractivity contribution < 1.29 is 19.2 Å². The van der Waals surface area contributed by atoms with E-state index in [1.54, 1.807) is 6.92 Å². The lowest BCUT2D eigenvalue weighted by molar-refractivity contribution is -0.139. The van der Waals surface area contributed by atoms with Gasteiger partial charge in [0.1, 0.15) is 5.56 Å². The number of aromatic nitrogens is 1. The van der Waals surface area contributed by atoms with Gasteiger partial charge in [-0.25, -0.2) is 0 Å². The number of likely N-dealkylation sites (tertiary alicyclic amines) is 1. The smallest absolute Gasteiger partial charge is 0.307 e. The molecule has 1 saturated heterocycles. The largest absolute Gasteiger partial charge is 0.481 e. The van der Waals surface area contributed by atoms with Crippen LogP contribution in [0.1, 0.15) is 60.8 Å². The molecule has 2 heterocycles. The number of rotatable bonds is 3. The Morgan fingerprint density at radius 2 is 2.00 bits per heavy atom. The van der Waals surface area contributed by atoms with E-state index in [0.717, 1.165) is 19.3 Å². The molecular weight excluding hydrogens is 284 g/mol. The Bertz CT molecular complexity index is 612. The van der Waals surface area contributed by atoms with Gasteiger partial charge >= 0.3 is 5.97 Å². The van der Waals surface area contributed by atoms with Crippen LogP contribution in [0.5, 0.6) is 0 Å². The van der Waals surface area contributed by atoms with Gasteiger partial charge < -0.3 is 14.5 Å². The Balaban J connectivity index is 1.71. The number of hydrogen-bond acceptors (Lipinski definition) is 4. The minimum absolute atomic E-state index is 0.0372. The van der Waals surface area contributed by atoms with Crippen LogP contribution in [0.3, 0.4) is 0 Å². The van der Waals surface area contributed by atoms with Gasteiger partial charge in [0.15, 0.2) is 5.76 Å². The maximum Gasteiger partial charge on any atom is 0.307 e. The van der Waals surface area contributed by atoms with Crippen LogP contribution in [0, 0.1) is 18.3 Å². The summed E-state index contributed by atoms with van der Waals surface area (Å²) in [4.78, 5) is 25.7. The molecule has 0 bridgehead atoms. The fourth-order valence-corrected chi connectivity index (χ4v) is 3.60. The molecule has 1 spiro atoms. The van der Waals surface area contributed by atoms with E-state index in [4.69, 9.17) is 9.63 Å². The highest BCUT2D eigenvalue weighted by Crippen LogP contribution is 2.59. The normalized spacial score (nSPS) is 23.1. The molecule has 120 valence electrons. The molecule has 2 fully saturated rings. The minimum Gasteiger partial charge on any atom is -0.481 e. The number of piperidine rings is 1. The summed E-state index contributed by atoms with van der Waals surface area (Å²) < 4.78 is 5.30. The van der Waals surface area contributed by atoms with E-state index >= 15 is 0 Å². The van der Waals surface area contributed by atoms with E-state index in [2.05, 4.69) is 5.16 Å². The van der Waals surface area contributed by atoms with Crippen LogP contribution in [-0.2, 0) is 4.79 Å². The average molecular weight is 306 g/mol. The molecule has 1 aliphatic carbocycles. The number of carboxylic acid groups (broad SMARTS) is 1. The molecule has 3 rings (SSSR count). The van der Waals surface area contributed by atoms with Crippen molar-refractivity contribution in [2.75, 3.05) is 13.1 Å². The summed E-state index contributed by atoms with van der Waals surface area (Å²) in [5, 5.41) is 13.1. The second kappa shape index (κ2) is 5.11. The average Bonchev–Trinajstić information content (AvgIpc) is 3.02. The molecule has 0 aromatic carbocycles. The summed E-state index contributed by atoms with van der Waals surface area (Å²) in [7, 11) is 0. The summed E-state index contributed by atoms with van der Waals surface area (Å²) in [5.41, 5.74) is 1.15. The molecular formula is C16H22N2O4. The highest BCUT2D eigenvalue weighted by atomic mass is 16.5. The number of aryl methyl sites for hydroxylation is 1. The van der Waals surface area contributed by atoms with Gasteiger partial charge in [0.05, 0.1) is 11.6 Å². The van der Waals surface area contributed by atoms with Gasteiger partial charge in [0.2, 0.25) is 0 Å². The van der Waals surface area contributed by atoms with E-state index in [1.807, 2.05) is 18.7 Å². The number of carboxylic acids is 1. The Morgan fingerprint density at radius 1 is 1.36 bits per heavy atom. The Hall–Kier alpha value is -1.85. The van der Waals surface area contributed by atoms with Crippen LogP contribution in [0.25, 0.3) is 0 Å². The highest BCUT2D eigenvalue weighted by molar-refractivity contribution is 5.96. The molecule has 2 aliphatic rings. The van der Waals surface area contributed by atoms with E-state index in [1.165, 1.54) is 0 Å². The molecule has 1 saturated carbocycles. The topological polar surface area (TPSA) is 83.6 Å². The molecule has 1 atom stereocenters. The van der Waals surface area contributed by atoms with Crippen LogP contribution in [0.4, 0.5) is 0 Å². The monoisotopic (exact) mass is 306 g/mol. The predicted octanol–water partition coefficient (Wildman–Crippen LogP) is 2.43. The molecule has 1 N–H and O–H groups in total. The zero-order valence-electron chi connectivity index (χ0n) is 13.3. The first-order valence-electron chi connectivity index (χ1n) is 7.84. The van der Waals surface area contributed by atoms with Crippen LogP contribution in [0.2, 0.25) is 0 Å². The standard InChI is InChI=1S/C16H22N2O4/c1-9(2)13-12(10(3)17-22-13)14(19)18-6-4-16(5-7-18)8-11(16)15(20)21/h9,11H,4-8H2,1-3H3,(H,20,21). The number of aliphatic carboxylic acids is 1. The Morgan fingerprint density at radius 3 is 2.50 bits per heavy atom. The first-order chi connectivity index (χ1) is 10.4. The van der Waals surface area contributed by atoms with E-state index in [-0.39, 0.29) is 23.2 Å². The van der Waals surface area contributed by atoms with Crippen molar-refractivity contribution in [1.29, 1.82) is 0 Å². The van der Waals surface area contributed by atoms with Crippen molar-refractivity contribution in [2.24, 2.45) is 11.3 Å². The van der Waals surface area contributed by atoms with Gasteiger partial charge in [-0.05, 0) is 31.6 Å². The van der Waals surface area contributed by atoms with Crippen molar-refractivity contribution in [3.63, 3.8) is 0 Å². The Kier molecular flexibility index (Phi) is 3.50. The molecule has 1 aliphatic heterocycles. The van der Waals surface area contributed by atoms with E-state index in [9.17, 15) is 9.59 Å². The Labute approximate surface area is 129 Å². The lowest BCUT2D eigenvalue weighted by Crippen LogP contribution is -2.40. The predicted molar refractivity (Wildman–Crippen MR) is 78.6 cm³/mol. The van der Waals surface area contributed by atoms with Crippen LogP contribution < -0.4 is 0 Å². The van der Waals surface area contributed by atoms with Crippen molar-refractivity contribution in [1.82, 2.24) is 10.1 Å². The van der Waals surface area contributed by atoms with Crippen molar-refractivity contribution in [2.45, 2.75) is 46.0 Å². The number of hydrogen-bond donors (Lipinski definition) is 1. The maximum absolute atomic E-state index is 12.8. The van der Waals surface area contributed by atoms with Crippen LogP contribution in [0.15, 0.2) is 4.52 Å². The lowest BCUT2D eigenvalue weighted by atomic mass is 9.90. The van der Waals surface area contributed by atoms with Gasteiger partial charge in [-0.2, -0.15) is 0 Å². The molecule has 1 aromatic rings. The van der Waals surface area contributed by atoms with Crippen LogP contribution in [-0.4, -0.2) is 40.1 Å². The second-order valence-electron chi connectivity index (χ2n) is 6.91. The number of amides is 1. The van der Waals surface area contributed by atoms with E-state index < -0.39 is 5.97 Å². The molecule has 1 aromatic heterocycles. The van der Waals surface area contributed by atoms with Gasteiger partial charge in [0.25, 0.3) is 5.91 Å². The zero-order chi connectivity index (χ0) is 16.1.